The van der Waals surface area contributed by atoms with Gasteiger partial charge in [0.1, 0.15) is 6.61 Å². The highest BCUT2D eigenvalue weighted by Crippen LogP contribution is 2.11. The summed E-state index contributed by atoms with van der Waals surface area (Å²) in [5, 5.41) is 12.9. The molecule has 1 aromatic heterocycles. The summed E-state index contributed by atoms with van der Waals surface area (Å²) in [6.07, 6.45) is 4.06. The van der Waals surface area contributed by atoms with Crippen LogP contribution in [0.25, 0.3) is 5.69 Å². The Morgan fingerprint density at radius 1 is 1.28 bits per heavy atom. The van der Waals surface area contributed by atoms with Crippen molar-refractivity contribution in [1.29, 1.82) is 5.41 Å². The summed E-state index contributed by atoms with van der Waals surface area (Å²) in [7, 11) is -3.67. The van der Waals surface area contributed by atoms with Gasteiger partial charge in [0.25, 0.3) is 16.0 Å². The molecule has 1 aliphatic rings. The largest absolute Gasteiger partial charge is 0.447 e. The number of nitrogens with zero attached hydrogens (tertiary/aromatic N) is 2. The van der Waals surface area contributed by atoms with Crippen molar-refractivity contribution >= 4 is 28.1 Å². The predicted octanol–water partition coefficient (Wildman–Crippen LogP) is 0.645. The van der Waals surface area contributed by atoms with Crippen molar-refractivity contribution in [2.24, 2.45) is 0 Å². The number of amides is 2. The second-order valence-corrected chi connectivity index (χ2v) is 7.38. The highest BCUT2D eigenvalue weighted by Gasteiger charge is 2.21. The second kappa shape index (κ2) is 9.71. The van der Waals surface area contributed by atoms with E-state index in [0.717, 1.165) is 5.69 Å². The van der Waals surface area contributed by atoms with Crippen LogP contribution in [-0.4, -0.2) is 66.5 Å². The molecule has 0 bridgehead atoms. The molecule has 0 radical (unpaired) electrons. The molecule has 0 aliphatic carbocycles. The Kier molecular flexibility index (Phi) is 7.33. The number of aromatic nitrogens is 1. The molecule has 11 nitrogen and oxygen atoms in total. The fraction of sp³-hybridized carbons (Fsp3) is 0.235. The van der Waals surface area contributed by atoms with Crippen LogP contribution >= 0.6 is 0 Å². The molecular weight excluding hydrogens is 402 g/mol. The molecule has 0 spiro atoms. The molecule has 4 N–H and O–H groups in total. The van der Waals surface area contributed by atoms with Gasteiger partial charge in [-0.3, -0.25) is 25.0 Å². The molecule has 2 amide bonds. The van der Waals surface area contributed by atoms with E-state index in [9.17, 15) is 18.0 Å². The van der Waals surface area contributed by atoms with E-state index < -0.39 is 22.1 Å². The normalized spacial score (nSPS) is 13.2. The average Bonchev–Trinajstić information content (AvgIpc) is 3.30. The third-order valence-electron chi connectivity index (χ3n) is 3.54. The summed E-state index contributed by atoms with van der Waals surface area (Å²) in [6, 6.07) is 10.9. The fourth-order valence-corrected chi connectivity index (χ4v) is 2.29. The van der Waals surface area contributed by atoms with Crippen LogP contribution in [0.4, 0.5) is 4.79 Å². The molecule has 1 aromatic carbocycles. The van der Waals surface area contributed by atoms with Crippen LogP contribution in [0.5, 0.6) is 0 Å². The number of benzene rings is 1. The van der Waals surface area contributed by atoms with Gasteiger partial charge in [-0.05, 0) is 30.3 Å². The van der Waals surface area contributed by atoms with E-state index in [1.165, 1.54) is 4.90 Å². The summed E-state index contributed by atoms with van der Waals surface area (Å²) in [5.74, 6) is -0.573. The van der Waals surface area contributed by atoms with Crippen molar-refractivity contribution < 1.29 is 27.3 Å². The molecule has 12 heteroatoms. The predicted molar refractivity (Wildman–Crippen MR) is 104 cm³/mol. The standard InChI is InChI=1S/C16H17N5O3.CH4O3S/c17-15(18-11-21-8-9-24-16(21)23)19-14(22)12-4-3-5-13(10-12)20-6-1-2-7-20;1-5(2,3)4/h1-7,10H,8-9,11H2,(H3,17,18,19,22);1H3,(H,2,3,4). The minimum absolute atomic E-state index is 0.112. The van der Waals surface area contributed by atoms with Crippen molar-refractivity contribution in [2.45, 2.75) is 0 Å². The highest BCUT2D eigenvalue weighted by molar-refractivity contribution is 7.85. The molecule has 0 atom stereocenters. The topological polar surface area (TPSA) is 154 Å². The van der Waals surface area contributed by atoms with E-state index in [4.69, 9.17) is 14.7 Å². The number of ether oxygens (including phenoxy) is 1. The molecule has 1 aliphatic heterocycles. The van der Waals surface area contributed by atoms with Crippen molar-refractivity contribution in [3.63, 3.8) is 0 Å². The summed E-state index contributed by atoms with van der Waals surface area (Å²) >= 11 is 0. The third-order valence-corrected chi connectivity index (χ3v) is 3.54. The molecule has 3 rings (SSSR count). The SMILES string of the molecule is CS(=O)(=O)O.N=C(NCN1CCOC1=O)NC(=O)c1cccc(-n2cccc2)c1. The van der Waals surface area contributed by atoms with Crippen LogP contribution in [0.15, 0.2) is 48.8 Å². The molecule has 1 fully saturated rings. The number of hydrogen-bond donors (Lipinski definition) is 4. The lowest BCUT2D eigenvalue weighted by Gasteiger charge is -2.15. The van der Waals surface area contributed by atoms with Crippen molar-refractivity contribution in [3.8, 4) is 5.69 Å². The molecule has 1 saturated heterocycles. The van der Waals surface area contributed by atoms with Crippen LogP contribution in [-0.2, 0) is 14.9 Å². The number of guanidine groups is 1. The maximum atomic E-state index is 12.2. The first-order valence-electron chi connectivity index (χ1n) is 8.35. The first-order valence-corrected chi connectivity index (χ1v) is 10.2. The maximum absolute atomic E-state index is 12.2. The molecule has 2 aromatic rings. The lowest BCUT2D eigenvalue weighted by molar-refractivity contribution is 0.0975. The number of hydrogen-bond acceptors (Lipinski definition) is 6. The molecule has 0 unspecified atom stereocenters. The monoisotopic (exact) mass is 423 g/mol. The van der Waals surface area contributed by atoms with E-state index in [-0.39, 0.29) is 12.6 Å². The van der Waals surface area contributed by atoms with Crippen LogP contribution < -0.4 is 10.6 Å². The van der Waals surface area contributed by atoms with Crippen LogP contribution in [0.2, 0.25) is 0 Å². The van der Waals surface area contributed by atoms with Gasteiger partial charge in [0.2, 0.25) is 0 Å². The van der Waals surface area contributed by atoms with Crippen molar-refractivity contribution in [2.75, 3.05) is 26.1 Å². The quantitative estimate of drug-likeness (QED) is 0.320. The number of nitrogens with one attached hydrogen (secondary N) is 3. The smallest absolute Gasteiger partial charge is 0.411 e. The second-order valence-electron chi connectivity index (χ2n) is 5.92. The van der Waals surface area contributed by atoms with Crippen molar-refractivity contribution in [3.05, 3.63) is 54.4 Å². The van der Waals surface area contributed by atoms with Gasteiger partial charge in [-0.25, -0.2) is 4.79 Å². The number of cyclic esters (lactones) is 1. The Morgan fingerprint density at radius 3 is 2.52 bits per heavy atom. The van der Waals surface area contributed by atoms with E-state index in [1.807, 2.05) is 35.2 Å². The van der Waals surface area contributed by atoms with Gasteiger partial charge in [-0.2, -0.15) is 8.42 Å². The minimum atomic E-state index is -3.67. The van der Waals surface area contributed by atoms with Gasteiger partial charge in [0.15, 0.2) is 5.96 Å². The minimum Gasteiger partial charge on any atom is -0.447 e. The first kappa shape index (κ1) is 21.9. The number of rotatable bonds is 4. The number of carbonyl (C=O) groups excluding carboxylic acids is 2. The Labute approximate surface area is 167 Å². The van der Waals surface area contributed by atoms with Crippen LogP contribution in [0.1, 0.15) is 10.4 Å². The van der Waals surface area contributed by atoms with Crippen LogP contribution in [0.3, 0.4) is 0 Å². The van der Waals surface area contributed by atoms with Gasteiger partial charge < -0.3 is 14.6 Å². The molecule has 0 saturated carbocycles. The maximum Gasteiger partial charge on any atom is 0.411 e. The molecule has 29 heavy (non-hydrogen) atoms. The van der Waals surface area contributed by atoms with E-state index in [0.29, 0.717) is 25.0 Å². The summed E-state index contributed by atoms with van der Waals surface area (Å²) in [5.41, 5.74) is 1.29. The van der Waals surface area contributed by atoms with E-state index >= 15 is 0 Å². The van der Waals surface area contributed by atoms with Gasteiger partial charge in [0, 0.05) is 23.6 Å². The summed E-state index contributed by atoms with van der Waals surface area (Å²) in [6.45, 7) is 0.916. The Bertz CT molecular complexity index is 966. The molecule has 156 valence electrons. The number of carbonyl (C=O) groups is 2. The molecular formula is C17H21N5O6S. The van der Waals surface area contributed by atoms with Crippen molar-refractivity contribution in [1.82, 2.24) is 20.1 Å². The lowest BCUT2D eigenvalue weighted by Crippen LogP contribution is -2.45. The zero-order valence-electron chi connectivity index (χ0n) is 15.5. The Hall–Kier alpha value is -3.38. The zero-order chi connectivity index (χ0) is 21.4. The average molecular weight is 423 g/mol. The Balaban J connectivity index is 0.000000537. The van der Waals surface area contributed by atoms with Crippen LogP contribution in [0, 0.1) is 5.41 Å². The third kappa shape index (κ3) is 7.63. The molecule has 2 heterocycles. The fourth-order valence-electron chi connectivity index (χ4n) is 2.29. The zero-order valence-corrected chi connectivity index (χ0v) is 16.3. The van der Waals surface area contributed by atoms with Gasteiger partial charge in [0.05, 0.1) is 19.5 Å². The summed E-state index contributed by atoms with van der Waals surface area (Å²) in [4.78, 5) is 24.9. The lowest BCUT2D eigenvalue weighted by atomic mass is 10.2. The highest BCUT2D eigenvalue weighted by atomic mass is 32.2. The first-order chi connectivity index (χ1) is 13.6. The van der Waals surface area contributed by atoms with E-state index in [1.54, 1.807) is 18.2 Å². The van der Waals surface area contributed by atoms with Gasteiger partial charge in [-0.15, -0.1) is 0 Å². The van der Waals surface area contributed by atoms with Gasteiger partial charge >= 0.3 is 6.09 Å². The van der Waals surface area contributed by atoms with E-state index in [2.05, 4.69) is 10.6 Å². The summed E-state index contributed by atoms with van der Waals surface area (Å²) < 4.78 is 32.5. The van der Waals surface area contributed by atoms with Gasteiger partial charge in [-0.1, -0.05) is 6.07 Å². The Morgan fingerprint density at radius 2 is 1.93 bits per heavy atom.